The molecule has 0 aromatic heterocycles. The highest BCUT2D eigenvalue weighted by atomic mass is 35.5. The highest BCUT2D eigenvalue weighted by molar-refractivity contribution is 6.44. The summed E-state index contributed by atoms with van der Waals surface area (Å²) in [5.41, 5.74) is -3.24. The van der Waals surface area contributed by atoms with Crippen LogP contribution in [0.5, 0.6) is 0 Å². The standard InChI is InChI=1S/C8H3Cl2F4NO2/c9-7(10)3-1-5(11)4(8(12,13)14)2-6(3)15(16)17/h1-2,7H. The van der Waals surface area contributed by atoms with Crippen LogP contribution in [0.3, 0.4) is 0 Å². The van der Waals surface area contributed by atoms with Gasteiger partial charge in [0.2, 0.25) is 0 Å². The molecule has 94 valence electrons. The van der Waals surface area contributed by atoms with Gasteiger partial charge in [-0.2, -0.15) is 13.2 Å². The third kappa shape index (κ3) is 2.98. The highest BCUT2D eigenvalue weighted by Crippen LogP contribution is 2.39. The second-order valence-corrected chi connectivity index (χ2v) is 4.04. The summed E-state index contributed by atoms with van der Waals surface area (Å²) in [6.07, 6.45) is -5.03. The molecule has 17 heavy (non-hydrogen) atoms. The van der Waals surface area contributed by atoms with Gasteiger partial charge in [0.25, 0.3) is 5.69 Å². The van der Waals surface area contributed by atoms with Crippen molar-refractivity contribution in [2.75, 3.05) is 0 Å². The van der Waals surface area contributed by atoms with E-state index in [0.717, 1.165) is 0 Å². The zero-order chi connectivity index (χ0) is 13.4. The summed E-state index contributed by atoms with van der Waals surface area (Å²) in [5, 5.41) is 10.5. The fourth-order valence-electron chi connectivity index (χ4n) is 1.13. The van der Waals surface area contributed by atoms with Crippen molar-refractivity contribution in [2.24, 2.45) is 0 Å². The topological polar surface area (TPSA) is 43.1 Å². The Hall–Kier alpha value is -1.08. The van der Waals surface area contributed by atoms with E-state index in [2.05, 4.69) is 0 Å². The van der Waals surface area contributed by atoms with Crippen LogP contribution in [0.4, 0.5) is 23.2 Å². The lowest BCUT2D eigenvalue weighted by Crippen LogP contribution is -2.10. The maximum atomic E-state index is 13.1. The molecule has 0 saturated heterocycles. The van der Waals surface area contributed by atoms with Gasteiger partial charge in [-0.05, 0) is 6.07 Å². The summed E-state index contributed by atoms with van der Waals surface area (Å²) in [6, 6.07) is 0.383. The summed E-state index contributed by atoms with van der Waals surface area (Å²) >= 11 is 10.6. The van der Waals surface area contributed by atoms with Crippen LogP contribution in [-0.4, -0.2) is 4.92 Å². The molecular weight excluding hydrogens is 289 g/mol. The molecule has 1 rings (SSSR count). The predicted octanol–water partition coefficient (Wildman–Crippen LogP) is 4.23. The molecule has 0 radical (unpaired) electrons. The first-order valence-corrected chi connectivity index (χ1v) is 4.85. The lowest BCUT2D eigenvalue weighted by atomic mass is 10.1. The quantitative estimate of drug-likeness (QED) is 0.354. The number of hydrogen-bond donors (Lipinski definition) is 0. The van der Waals surface area contributed by atoms with Crippen molar-refractivity contribution in [3.63, 3.8) is 0 Å². The third-order valence-corrected chi connectivity index (χ3v) is 2.32. The molecule has 9 heteroatoms. The van der Waals surface area contributed by atoms with Gasteiger partial charge in [-0.1, -0.05) is 23.2 Å². The highest BCUT2D eigenvalue weighted by Gasteiger charge is 2.37. The molecule has 0 atom stereocenters. The lowest BCUT2D eigenvalue weighted by Gasteiger charge is -2.10. The van der Waals surface area contributed by atoms with Gasteiger partial charge in [0, 0.05) is 6.07 Å². The maximum absolute atomic E-state index is 13.1. The molecule has 0 unspecified atom stereocenters. The Morgan fingerprint density at radius 3 is 2.18 bits per heavy atom. The molecule has 0 heterocycles. The summed E-state index contributed by atoms with van der Waals surface area (Å²) in [5.74, 6) is -1.66. The maximum Gasteiger partial charge on any atom is 0.419 e. The van der Waals surface area contributed by atoms with Crippen LogP contribution < -0.4 is 0 Å². The van der Waals surface area contributed by atoms with E-state index < -0.39 is 38.6 Å². The van der Waals surface area contributed by atoms with E-state index in [-0.39, 0.29) is 6.07 Å². The van der Waals surface area contributed by atoms with Crippen molar-refractivity contribution in [3.05, 3.63) is 39.2 Å². The molecule has 0 aliphatic rings. The van der Waals surface area contributed by atoms with Crippen molar-refractivity contribution in [1.82, 2.24) is 0 Å². The van der Waals surface area contributed by atoms with E-state index >= 15 is 0 Å². The number of nitro benzene ring substituents is 1. The van der Waals surface area contributed by atoms with Gasteiger partial charge >= 0.3 is 6.18 Å². The van der Waals surface area contributed by atoms with Crippen LogP contribution in [0, 0.1) is 15.9 Å². The Kier molecular flexibility index (Phi) is 3.83. The average molecular weight is 292 g/mol. The van der Waals surface area contributed by atoms with Gasteiger partial charge in [-0.3, -0.25) is 10.1 Å². The van der Waals surface area contributed by atoms with E-state index in [1.54, 1.807) is 0 Å². The van der Waals surface area contributed by atoms with Crippen LogP contribution in [0.1, 0.15) is 16.0 Å². The molecule has 0 N–H and O–H groups in total. The molecule has 1 aromatic carbocycles. The Morgan fingerprint density at radius 1 is 1.29 bits per heavy atom. The van der Waals surface area contributed by atoms with Crippen LogP contribution in [0.15, 0.2) is 12.1 Å². The molecule has 0 aliphatic heterocycles. The lowest BCUT2D eigenvalue weighted by molar-refractivity contribution is -0.385. The van der Waals surface area contributed by atoms with E-state index in [0.29, 0.717) is 6.07 Å². The molecule has 0 fully saturated rings. The Morgan fingerprint density at radius 2 is 1.82 bits per heavy atom. The largest absolute Gasteiger partial charge is 0.419 e. The zero-order valence-corrected chi connectivity index (χ0v) is 9.28. The summed E-state index contributed by atoms with van der Waals surface area (Å²) in [6.45, 7) is 0. The fraction of sp³-hybridized carbons (Fsp3) is 0.250. The minimum Gasteiger partial charge on any atom is -0.258 e. The van der Waals surface area contributed by atoms with Gasteiger partial charge in [0.1, 0.15) is 10.7 Å². The normalized spacial score (nSPS) is 11.9. The van der Waals surface area contributed by atoms with E-state index in [1.165, 1.54) is 0 Å². The molecule has 0 spiro atoms. The molecule has 0 bridgehead atoms. The minimum absolute atomic E-state index is 0.0719. The van der Waals surface area contributed by atoms with E-state index in [9.17, 15) is 27.7 Å². The van der Waals surface area contributed by atoms with Crippen molar-refractivity contribution < 1.29 is 22.5 Å². The summed E-state index contributed by atoms with van der Waals surface area (Å²) in [4.78, 5) is 7.91. The monoisotopic (exact) mass is 291 g/mol. The number of halogens is 6. The fourth-order valence-corrected chi connectivity index (χ4v) is 1.48. The second kappa shape index (κ2) is 4.66. The summed E-state index contributed by atoms with van der Waals surface area (Å²) < 4.78 is 50.0. The van der Waals surface area contributed by atoms with Gasteiger partial charge < -0.3 is 0 Å². The minimum atomic E-state index is -5.03. The van der Waals surface area contributed by atoms with Crippen molar-refractivity contribution in [1.29, 1.82) is 0 Å². The second-order valence-electron chi connectivity index (χ2n) is 2.95. The van der Waals surface area contributed by atoms with E-state index in [4.69, 9.17) is 23.2 Å². The average Bonchev–Trinajstić information content (AvgIpc) is 2.14. The molecule has 1 aromatic rings. The van der Waals surface area contributed by atoms with Gasteiger partial charge in [0.15, 0.2) is 0 Å². The van der Waals surface area contributed by atoms with Crippen molar-refractivity contribution in [2.45, 2.75) is 11.0 Å². The molecular formula is C8H3Cl2F4NO2. The van der Waals surface area contributed by atoms with Crippen LogP contribution in [-0.2, 0) is 6.18 Å². The summed E-state index contributed by atoms with van der Waals surface area (Å²) in [7, 11) is 0. The molecule has 3 nitrogen and oxygen atoms in total. The Balaban J connectivity index is 3.51. The Bertz CT molecular complexity index is 462. The number of benzene rings is 1. The zero-order valence-electron chi connectivity index (χ0n) is 7.76. The first-order valence-electron chi connectivity index (χ1n) is 3.97. The molecule has 0 saturated carbocycles. The predicted molar refractivity (Wildman–Crippen MR) is 52.5 cm³/mol. The van der Waals surface area contributed by atoms with Crippen LogP contribution in [0.25, 0.3) is 0 Å². The first-order chi connectivity index (χ1) is 7.64. The number of nitro groups is 1. The van der Waals surface area contributed by atoms with E-state index in [1.807, 2.05) is 0 Å². The number of rotatable bonds is 2. The van der Waals surface area contributed by atoms with Crippen LogP contribution >= 0.6 is 23.2 Å². The molecule has 0 aliphatic carbocycles. The van der Waals surface area contributed by atoms with Gasteiger partial charge in [-0.25, -0.2) is 4.39 Å². The first kappa shape index (κ1) is 14.0. The Labute approximate surface area is 102 Å². The smallest absolute Gasteiger partial charge is 0.258 e. The van der Waals surface area contributed by atoms with Gasteiger partial charge in [0.05, 0.1) is 16.1 Å². The van der Waals surface area contributed by atoms with Crippen molar-refractivity contribution in [3.8, 4) is 0 Å². The molecule has 0 amide bonds. The van der Waals surface area contributed by atoms with Crippen molar-refractivity contribution >= 4 is 28.9 Å². The number of nitrogens with zero attached hydrogens (tertiary/aromatic N) is 1. The number of alkyl halides is 5. The van der Waals surface area contributed by atoms with Gasteiger partial charge in [-0.15, -0.1) is 0 Å². The number of hydrogen-bond acceptors (Lipinski definition) is 2. The third-order valence-electron chi connectivity index (χ3n) is 1.85. The SMILES string of the molecule is O=[N+]([O-])c1cc(C(F)(F)F)c(F)cc1C(Cl)Cl. The van der Waals surface area contributed by atoms with Crippen LogP contribution in [0.2, 0.25) is 0 Å².